The van der Waals surface area contributed by atoms with E-state index in [1.165, 1.54) is 12.8 Å². The molecule has 10 heteroatoms. The van der Waals surface area contributed by atoms with Crippen LogP contribution in [-0.4, -0.2) is 77.5 Å². The lowest BCUT2D eigenvalue weighted by molar-refractivity contribution is -0.140. The van der Waals surface area contributed by atoms with Gasteiger partial charge in [-0.1, -0.05) is 0 Å². The Hall–Kier alpha value is -4.18. The normalized spacial score (nSPS) is 15.7. The quantitative estimate of drug-likeness (QED) is 0.328. The molecule has 1 N–H and O–H groups in total. The van der Waals surface area contributed by atoms with Crippen LogP contribution in [0.2, 0.25) is 0 Å². The van der Waals surface area contributed by atoms with Gasteiger partial charge in [0.25, 0.3) is 0 Å². The highest BCUT2D eigenvalue weighted by Crippen LogP contribution is 2.38. The van der Waals surface area contributed by atoms with E-state index in [0.717, 1.165) is 59.1 Å². The predicted octanol–water partition coefficient (Wildman–Crippen LogP) is 4.23. The molecule has 10 nitrogen and oxygen atoms in total. The summed E-state index contributed by atoms with van der Waals surface area (Å²) in [6, 6.07) is 12.1. The average molecular weight is 556 g/mol. The molecule has 3 heterocycles. The van der Waals surface area contributed by atoms with Gasteiger partial charge in [0.05, 0.1) is 43.3 Å². The fourth-order valence-corrected chi connectivity index (χ4v) is 5.29. The van der Waals surface area contributed by atoms with Crippen LogP contribution in [0.25, 0.3) is 22.3 Å². The average Bonchev–Trinajstić information content (AvgIpc) is 3.70. The Balaban J connectivity index is 1.31. The van der Waals surface area contributed by atoms with Crippen molar-refractivity contribution in [1.82, 2.24) is 30.0 Å². The van der Waals surface area contributed by atoms with Gasteiger partial charge in [-0.05, 0) is 50.8 Å². The van der Waals surface area contributed by atoms with Crippen molar-refractivity contribution in [2.24, 2.45) is 5.92 Å². The molecule has 1 saturated carbocycles. The molecule has 2 fully saturated rings. The fourth-order valence-electron chi connectivity index (χ4n) is 5.29. The number of carbonyl (C=O) groups is 1. The van der Waals surface area contributed by atoms with Gasteiger partial charge in [0, 0.05) is 74.1 Å². The summed E-state index contributed by atoms with van der Waals surface area (Å²) in [5.41, 5.74) is 4.36. The number of amides is 1. The van der Waals surface area contributed by atoms with E-state index < -0.39 is 5.54 Å². The number of hydrogen-bond acceptors (Lipinski definition) is 8. The molecule has 0 atom stereocenters. The molecule has 214 valence electrons. The number of nitrogens with zero attached hydrogens (tertiary/aromatic N) is 6. The first-order valence-electron chi connectivity index (χ1n) is 14.2. The van der Waals surface area contributed by atoms with E-state index in [0.29, 0.717) is 24.7 Å². The van der Waals surface area contributed by atoms with E-state index in [9.17, 15) is 4.79 Å². The van der Waals surface area contributed by atoms with Crippen LogP contribution in [0.1, 0.15) is 26.7 Å². The van der Waals surface area contributed by atoms with Crippen LogP contribution in [0.5, 0.6) is 11.5 Å². The van der Waals surface area contributed by atoms with Crippen molar-refractivity contribution in [3.8, 4) is 22.8 Å². The summed E-state index contributed by atoms with van der Waals surface area (Å²) in [6.07, 6.45) is 7.87. The molecule has 2 aromatic carbocycles. The Morgan fingerprint density at radius 1 is 1.00 bits per heavy atom. The lowest BCUT2D eigenvalue weighted by Gasteiger charge is -2.34. The summed E-state index contributed by atoms with van der Waals surface area (Å²) in [6.45, 7) is 7.75. The van der Waals surface area contributed by atoms with Crippen LogP contribution in [0, 0.1) is 5.92 Å². The molecule has 1 saturated heterocycles. The Kier molecular flexibility index (Phi) is 7.25. The second-order valence-electron chi connectivity index (χ2n) is 11.3. The number of aromatic nitrogens is 4. The first kappa shape index (κ1) is 27.0. The number of fused-ring (bicyclic) bond motifs is 1. The van der Waals surface area contributed by atoms with Crippen molar-refractivity contribution in [3.05, 3.63) is 55.0 Å². The van der Waals surface area contributed by atoms with E-state index >= 15 is 0 Å². The summed E-state index contributed by atoms with van der Waals surface area (Å²) in [4.78, 5) is 27.2. The molecule has 0 unspecified atom stereocenters. The van der Waals surface area contributed by atoms with Gasteiger partial charge in [-0.3, -0.25) is 14.5 Å². The highest BCUT2D eigenvalue weighted by Gasteiger charge is 2.35. The first-order valence-corrected chi connectivity index (χ1v) is 14.2. The van der Waals surface area contributed by atoms with Crippen molar-refractivity contribution in [1.29, 1.82) is 0 Å². The van der Waals surface area contributed by atoms with Gasteiger partial charge in [-0.15, -0.1) is 0 Å². The van der Waals surface area contributed by atoms with Crippen molar-refractivity contribution < 1.29 is 14.3 Å². The maximum absolute atomic E-state index is 13.3. The van der Waals surface area contributed by atoms with Crippen LogP contribution in [0.3, 0.4) is 0 Å². The Bertz CT molecular complexity index is 1530. The topological polar surface area (TPSA) is 97.6 Å². The minimum Gasteiger partial charge on any atom is -0.497 e. The molecule has 41 heavy (non-hydrogen) atoms. The number of nitrogens with one attached hydrogen (secondary N) is 1. The van der Waals surface area contributed by atoms with Crippen LogP contribution in [0.15, 0.2) is 55.0 Å². The molecule has 0 spiro atoms. The Labute approximate surface area is 240 Å². The molecule has 6 rings (SSSR count). The molecule has 1 aliphatic heterocycles. The number of anilines is 2. The Morgan fingerprint density at radius 3 is 2.41 bits per heavy atom. The molecular formula is C31H37N7O3. The lowest BCUT2D eigenvalue weighted by Crippen LogP contribution is -2.53. The van der Waals surface area contributed by atoms with Crippen LogP contribution < -0.4 is 19.7 Å². The number of hydrogen-bond donors (Lipinski definition) is 1. The highest BCUT2D eigenvalue weighted by atomic mass is 16.5. The third kappa shape index (κ3) is 5.56. The van der Waals surface area contributed by atoms with E-state index in [4.69, 9.17) is 19.4 Å². The maximum Gasteiger partial charge on any atom is 0.250 e. The molecule has 1 amide bonds. The van der Waals surface area contributed by atoms with Crippen LogP contribution in [-0.2, 0) is 10.3 Å². The van der Waals surface area contributed by atoms with Crippen LogP contribution >= 0.6 is 0 Å². The minimum absolute atomic E-state index is 0.0628. The smallest absolute Gasteiger partial charge is 0.250 e. The van der Waals surface area contributed by atoms with E-state index in [-0.39, 0.29) is 5.91 Å². The predicted molar refractivity (Wildman–Crippen MR) is 159 cm³/mol. The maximum atomic E-state index is 13.3. The number of rotatable bonds is 9. The second kappa shape index (κ2) is 11.0. The molecule has 1 aliphatic carbocycles. The summed E-state index contributed by atoms with van der Waals surface area (Å²) in [5.74, 6) is 2.21. The monoisotopic (exact) mass is 555 g/mol. The number of carbonyl (C=O) groups excluding carboxylic acids is 1. The zero-order valence-corrected chi connectivity index (χ0v) is 24.1. The van der Waals surface area contributed by atoms with E-state index in [1.807, 2.05) is 49.2 Å². The number of benzene rings is 2. The Morgan fingerprint density at radius 2 is 1.73 bits per heavy atom. The van der Waals surface area contributed by atoms with Gasteiger partial charge < -0.3 is 24.6 Å². The first-order chi connectivity index (χ1) is 19.9. The highest BCUT2D eigenvalue weighted by molar-refractivity contribution is 5.84. The van der Waals surface area contributed by atoms with Gasteiger partial charge in [0.15, 0.2) is 0 Å². The molecule has 4 aromatic rings. The minimum atomic E-state index is -0.811. The summed E-state index contributed by atoms with van der Waals surface area (Å²) >= 11 is 0. The number of piperazine rings is 1. The van der Waals surface area contributed by atoms with Crippen molar-refractivity contribution in [3.63, 3.8) is 0 Å². The summed E-state index contributed by atoms with van der Waals surface area (Å²) in [7, 11) is 3.34. The zero-order valence-electron chi connectivity index (χ0n) is 24.1. The third-order valence-electron chi connectivity index (χ3n) is 8.00. The SMILES string of the molecule is COc1cc(OC)cc(N(CC2CC2)c2ccc3ncc(-c4cnn(C(C)(C)C(=O)N5CCNCC5)c4)nc3c2)c1. The largest absolute Gasteiger partial charge is 0.497 e. The van der Waals surface area contributed by atoms with Crippen LogP contribution in [0.4, 0.5) is 11.4 Å². The zero-order chi connectivity index (χ0) is 28.6. The van der Waals surface area contributed by atoms with Gasteiger partial charge >= 0.3 is 0 Å². The van der Waals surface area contributed by atoms with Gasteiger partial charge in [0.1, 0.15) is 17.0 Å². The molecule has 2 aromatic heterocycles. The summed E-state index contributed by atoms with van der Waals surface area (Å²) in [5, 5.41) is 7.87. The molecule has 0 radical (unpaired) electrons. The van der Waals surface area contributed by atoms with Crippen molar-refractivity contribution in [2.45, 2.75) is 32.2 Å². The molecular weight excluding hydrogens is 518 g/mol. The number of ether oxygens (including phenoxy) is 2. The van der Waals surface area contributed by atoms with Crippen molar-refractivity contribution >= 4 is 28.3 Å². The fraction of sp³-hybridized carbons (Fsp3) is 0.419. The lowest BCUT2D eigenvalue weighted by atomic mass is 10.0. The standard InChI is InChI=1S/C31H37N7O3/c1-31(2,30(39)36-11-9-32-10-12-36)38-20-22(17-34-38)29-18-33-27-8-7-23(15-28(27)35-29)37(19-21-5-6-21)24-13-25(40-3)16-26(14-24)41-4/h7-8,13-18,20-21,32H,5-6,9-12,19H2,1-4H3. The summed E-state index contributed by atoms with van der Waals surface area (Å²) < 4.78 is 12.8. The third-order valence-corrected chi connectivity index (χ3v) is 8.00. The van der Waals surface area contributed by atoms with Gasteiger partial charge in [-0.2, -0.15) is 5.10 Å². The molecule has 0 bridgehead atoms. The van der Waals surface area contributed by atoms with Crippen molar-refractivity contribution in [2.75, 3.05) is 51.8 Å². The van der Waals surface area contributed by atoms with E-state index in [1.54, 1.807) is 31.3 Å². The second-order valence-corrected chi connectivity index (χ2v) is 11.3. The van der Waals surface area contributed by atoms with E-state index in [2.05, 4.69) is 27.4 Å². The van der Waals surface area contributed by atoms with Gasteiger partial charge in [0.2, 0.25) is 5.91 Å². The number of methoxy groups -OCH3 is 2. The molecule has 2 aliphatic rings. The van der Waals surface area contributed by atoms with Gasteiger partial charge in [-0.25, -0.2) is 4.98 Å².